The van der Waals surface area contributed by atoms with Crippen LogP contribution in [0.3, 0.4) is 0 Å². The van der Waals surface area contributed by atoms with E-state index in [1.54, 1.807) is 10.3 Å². The number of hydrogen-bond donors (Lipinski definition) is 2. The number of aliphatic carboxylic acids is 1. The van der Waals surface area contributed by atoms with E-state index in [2.05, 4.69) is 4.98 Å². The van der Waals surface area contributed by atoms with Crippen molar-refractivity contribution in [1.29, 1.82) is 0 Å². The minimum Gasteiger partial charge on any atom is -0.481 e. The lowest BCUT2D eigenvalue weighted by molar-refractivity contribution is -0.150. The summed E-state index contributed by atoms with van der Waals surface area (Å²) in [6.07, 6.45) is 0.482. The van der Waals surface area contributed by atoms with Crippen molar-refractivity contribution >= 4 is 23.2 Å². The summed E-state index contributed by atoms with van der Waals surface area (Å²) in [5, 5.41) is 11.9. The maximum atomic E-state index is 12.5. The van der Waals surface area contributed by atoms with Gasteiger partial charge in [0.05, 0.1) is 11.5 Å². The van der Waals surface area contributed by atoms with Crippen molar-refractivity contribution in [3.63, 3.8) is 0 Å². The molecule has 0 bridgehead atoms. The van der Waals surface area contributed by atoms with Crippen molar-refractivity contribution in [3.8, 4) is 0 Å². The first-order chi connectivity index (χ1) is 9.78. The van der Waals surface area contributed by atoms with Crippen LogP contribution in [0.25, 0.3) is 0 Å². The lowest BCUT2D eigenvalue weighted by Gasteiger charge is -2.28. The van der Waals surface area contributed by atoms with E-state index in [1.807, 2.05) is 20.8 Å². The van der Waals surface area contributed by atoms with Crippen LogP contribution in [0, 0.1) is 11.3 Å². The fourth-order valence-electron chi connectivity index (χ4n) is 2.66. The van der Waals surface area contributed by atoms with Crippen molar-refractivity contribution in [2.75, 3.05) is 13.1 Å². The fourth-order valence-corrected chi connectivity index (χ4v) is 3.41. The smallest absolute Gasteiger partial charge is 0.311 e. The lowest BCUT2D eigenvalue weighted by Crippen LogP contribution is -2.40. The normalized spacial score (nSPS) is 23.6. The number of carbonyl (C=O) groups excluding carboxylic acids is 1. The van der Waals surface area contributed by atoms with E-state index in [0.29, 0.717) is 23.7 Å². The van der Waals surface area contributed by atoms with Gasteiger partial charge < -0.3 is 15.7 Å². The Morgan fingerprint density at radius 3 is 2.57 bits per heavy atom. The number of carboxylic acid groups (broad SMARTS) is 1. The van der Waals surface area contributed by atoms with Gasteiger partial charge in [-0.2, -0.15) is 0 Å². The van der Waals surface area contributed by atoms with Crippen molar-refractivity contribution in [2.24, 2.45) is 17.1 Å². The zero-order valence-electron chi connectivity index (χ0n) is 12.5. The van der Waals surface area contributed by atoms with Gasteiger partial charge in [0.25, 0.3) is 5.91 Å². The fraction of sp³-hybridized carbons (Fsp3) is 0.643. The van der Waals surface area contributed by atoms with Crippen LogP contribution in [0.2, 0.25) is 0 Å². The van der Waals surface area contributed by atoms with Gasteiger partial charge in [0.1, 0.15) is 10.7 Å². The number of thiazole rings is 1. The van der Waals surface area contributed by atoms with E-state index in [-0.39, 0.29) is 24.4 Å². The molecule has 1 aliphatic heterocycles. The minimum absolute atomic E-state index is 0.0251. The second-order valence-corrected chi connectivity index (χ2v) is 6.84. The summed E-state index contributed by atoms with van der Waals surface area (Å²) in [6.45, 7) is 6.29. The molecule has 2 heterocycles. The SMILES string of the molecule is CC(N)c1nc(C(=O)N2CCC(C(=O)O)(C(C)C)C2)cs1. The van der Waals surface area contributed by atoms with E-state index in [1.165, 1.54) is 11.3 Å². The summed E-state index contributed by atoms with van der Waals surface area (Å²) in [4.78, 5) is 29.9. The van der Waals surface area contributed by atoms with E-state index in [4.69, 9.17) is 5.73 Å². The summed E-state index contributed by atoms with van der Waals surface area (Å²) < 4.78 is 0. The Bertz CT molecular complexity index is 555. The molecule has 0 saturated carbocycles. The second-order valence-electron chi connectivity index (χ2n) is 5.95. The van der Waals surface area contributed by atoms with Crippen LogP contribution in [-0.4, -0.2) is 40.0 Å². The number of likely N-dealkylation sites (tertiary alicyclic amines) is 1. The summed E-state index contributed by atoms with van der Waals surface area (Å²) in [5.41, 5.74) is 5.26. The number of nitrogens with two attached hydrogens (primary N) is 1. The molecule has 2 unspecified atom stereocenters. The molecule has 7 heteroatoms. The maximum Gasteiger partial charge on any atom is 0.311 e. The van der Waals surface area contributed by atoms with Gasteiger partial charge in [0, 0.05) is 18.5 Å². The van der Waals surface area contributed by atoms with Crippen molar-refractivity contribution in [1.82, 2.24) is 9.88 Å². The van der Waals surface area contributed by atoms with Gasteiger partial charge in [-0.25, -0.2) is 4.98 Å². The third-order valence-corrected chi connectivity index (χ3v) is 5.30. The molecule has 0 spiro atoms. The number of amides is 1. The van der Waals surface area contributed by atoms with E-state index in [9.17, 15) is 14.7 Å². The van der Waals surface area contributed by atoms with Crippen LogP contribution in [0.1, 0.15) is 48.7 Å². The van der Waals surface area contributed by atoms with Crippen LogP contribution in [0.5, 0.6) is 0 Å². The molecule has 1 saturated heterocycles. The van der Waals surface area contributed by atoms with Gasteiger partial charge in [-0.1, -0.05) is 13.8 Å². The zero-order valence-corrected chi connectivity index (χ0v) is 13.3. The zero-order chi connectivity index (χ0) is 15.8. The predicted octanol–water partition coefficient (Wildman–Crippen LogP) is 1.74. The Balaban J connectivity index is 2.16. The number of aromatic nitrogens is 1. The molecule has 21 heavy (non-hydrogen) atoms. The number of hydrogen-bond acceptors (Lipinski definition) is 5. The quantitative estimate of drug-likeness (QED) is 0.883. The molecule has 0 aromatic carbocycles. The first kappa shape index (κ1) is 15.9. The Labute approximate surface area is 128 Å². The second kappa shape index (κ2) is 5.73. The van der Waals surface area contributed by atoms with Gasteiger partial charge in [-0.05, 0) is 19.3 Å². The Kier molecular flexibility index (Phi) is 4.34. The molecule has 2 atom stereocenters. The third kappa shape index (κ3) is 2.80. The highest BCUT2D eigenvalue weighted by atomic mass is 32.1. The average molecular weight is 311 g/mol. The van der Waals surface area contributed by atoms with Gasteiger partial charge in [0.2, 0.25) is 0 Å². The Hall–Kier alpha value is -1.47. The van der Waals surface area contributed by atoms with Crippen LogP contribution >= 0.6 is 11.3 Å². The maximum absolute atomic E-state index is 12.5. The molecule has 3 N–H and O–H groups in total. The van der Waals surface area contributed by atoms with Crippen molar-refractivity contribution < 1.29 is 14.7 Å². The van der Waals surface area contributed by atoms with Crippen molar-refractivity contribution in [3.05, 3.63) is 16.1 Å². The highest BCUT2D eigenvalue weighted by Gasteiger charge is 2.48. The molecule has 116 valence electrons. The third-order valence-electron chi connectivity index (χ3n) is 4.25. The molecule has 1 aromatic rings. The van der Waals surface area contributed by atoms with Gasteiger partial charge in [-0.3, -0.25) is 9.59 Å². The van der Waals surface area contributed by atoms with Crippen LogP contribution in [0.15, 0.2) is 5.38 Å². The summed E-state index contributed by atoms with van der Waals surface area (Å²) in [7, 11) is 0. The molecule has 1 aliphatic rings. The standard InChI is InChI=1S/C14H21N3O3S/c1-8(2)14(13(19)20)4-5-17(7-14)12(18)10-6-21-11(16-10)9(3)15/h6,8-9H,4-5,7,15H2,1-3H3,(H,19,20). The predicted molar refractivity (Wildman–Crippen MR) is 80.1 cm³/mol. The molecular formula is C14H21N3O3S. The van der Waals surface area contributed by atoms with Gasteiger partial charge in [-0.15, -0.1) is 11.3 Å². The molecular weight excluding hydrogens is 290 g/mol. The number of nitrogens with zero attached hydrogens (tertiary/aromatic N) is 2. The van der Waals surface area contributed by atoms with E-state index >= 15 is 0 Å². The lowest BCUT2D eigenvalue weighted by atomic mass is 9.76. The topological polar surface area (TPSA) is 96.5 Å². The van der Waals surface area contributed by atoms with Gasteiger partial charge >= 0.3 is 5.97 Å². The number of rotatable bonds is 4. The minimum atomic E-state index is -0.852. The highest BCUT2D eigenvalue weighted by Crippen LogP contribution is 2.38. The van der Waals surface area contributed by atoms with E-state index < -0.39 is 11.4 Å². The number of carbonyl (C=O) groups is 2. The average Bonchev–Trinajstić information content (AvgIpc) is 3.06. The van der Waals surface area contributed by atoms with Crippen LogP contribution in [-0.2, 0) is 4.79 Å². The molecule has 6 nitrogen and oxygen atoms in total. The monoisotopic (exact) mass is 311 g/mol. The largest absolute Gasteiger partial charge is 0.481 e. The first-order valence-corrected chi connectivity index (χ1v) is 7.89. The van der Waals surface area contributed by atoms with Crippen molar-refractivity contribution in [2.45, 2.75) is 33.2 Å². The summed E-state index contributed by atoms with van der Waals surface area (Å²) in [5.74, 6) is -1.06. The summed E-state index contributed by atoms with van der Waals surface area (Å²) >= 11 is 1.36. The van der Waals surface area contributed by atoms with Crippen LogP contribution < -0.4 is 5.73 Å². The highest BCUT2D eigenvalue weighted by molar-refractivity contribution is 7.09. The Morgan fingerprint density at radius 2 is 2.14 bits per heavy atom. The first-order valence-electron chi connectivity index (χ1n) is 7.01. The molecule has 2 rings (SSSR count). The van der Waals surface area contributed by atoms with Crippen LogP contribution in [0.4, 0.5) is 0 Å². The van der Waals surface area contributed by atoms with E-state index in [0.717, 1.165) is 0 Å². The summed E-state index contributed by atoms with van der Waals surface area (Å²) in [6, 6.07) is -0.205. The molecule has 0 radical (unpaired) electrons. The molecule has 1 fully saturated rings. The molecule has 1 aromatic heterocycles. The number of carboxylic acids is 1. The Morgan fingerprint density at radius 1 is 1.48 bits per heavy atom. The van der Waals surface area contributed by atoms with Gasteiger partial charge in [0.15, 0.2) is 0 Å². The molecule has 0 aliphatic carbocycles. The molecule has 1 amide bonds.